The molecule has 3 unspecified atom stereocenters. The molecular formula is C11H21NO2S. The van der Waals surface area contributed by atoms with Gasteiger partial charge in [-0.25, -0.2) is 8.42 Å². The maximum Gasteiger partial charge on any atom is 0.157 e. The SMILES string of the molecule is CC1CCNC2CCCCCC2S1(=O)=O. The van der Waals surface area contributed by atoms with Crippen molar-refractivity contribution in [2.45, 2.75) is 62.0 Å². The molecule has 1 N–H and O–H groups in total. The average molecular weight is 231 g/mol. The summed E-state index contributed by atoms with van der Waals surface area (Å²) in [5.74, 6) is 0. The predicted molar refractivity (Wildman–Crippen MR) is 61.7 cm³/mol. The van der Waals surface area contributed by atoms with E-state index in [4.69, 9.17) is 0 Å². The topological polar surface area (TPSA) is 46.2 Å². The van der Waals surface area contributed by atoms with Crippen LogP contribution in [-0.2, 0) is 9.84 Å². The number of nitrogens with one attached hydrogen (secondary N) is 1. The molecule has 3 atom stereocenters. The van der Waals surface area contributed by atoms with Crippen LogP contribution in [0.3, 0.4) is 0 Å². The highest BCUT2D eigenvalue weighted by Gasteiger charge is 2.39. The van der Waals surface area contributed by atoms with Gasteiger partial charge in [0.2, 0.25) is 0 Å². The van der Waals surface area contributed by atoms with Crippen LogP contribution >= 0.6 is 0 Å². The van der Waals surface area contributed by atoms with Gasteiger partial charge < -0.3 is 5.32 Å². The van der Waals surface area contributed by atoms with E-state index in [1.807, 2.05) is 6.92 Å². The van der Waals surface area contributed by atoms with Crippen LogP contribution in [0.1, 0.15) is 45.4 Å². The second-order valence-corrected chi connectivity index (χ2v) is 7.51. The summed E-state index contributed by atoms with van der Waals surface area (Å²) in [5, 5.41) is 3.16. The molecule has 2 fully saturated rings. The van der Waals surface area contributed by atoms with E-state index in [1.54, 1.807) is 0 Å². The van der Waals surface area contributed by atoms with Crippen LogP contribution in [0.2, 0.25) is 0 Å². The summed E-state index contributed by atoms with van der Waals surface area (Å²) >= 11 is 0. The smallest absolute Gasteiger partial charge is 0.157 e. The van der Waals surface area contributed by atoms with Crippen molar-refractivity contribution in [3.05, 3.63) is 0 Å². The highest BCUT2D eigenvalue weighted by molar-refractivity contribution is 7.92. The molecule has 0 amide bonds. The van der Waals surface area contributed by atoms with Crippen LogP contribution in [-0.4, -0.2) is 31.5 Å². The summed E-state index contributed by atoms with van der Waals surface area (Å²) in [6.07, 6.45) is 6.13. The van der Waals surface area contributed by atoms with Gasteiger partial charge in [-0.05, 0) is 32.7 Å². The Balaban J connectivity index is 2.27. The molecule has 0 radical (unpaired) electrons. The zero-order valence-corrected chi connectivity index (χ0v) is 10.2. The van der Waals surface area contributed by atoms with Crippen molar-refractivity contribution < 1.29 is 8.42 Å². The minimum Gasteiger partial charge on any atom is -0.313 e. The van der Waals surface area contributed by atoms with E-state index in [9.17, 15) is 8.42 Å². The fourth-order valence-electron chi connectivity index (χ4n) is 2.84. The predicted octanol–water partition coefficient (Wildman–Crippen LogP) is 1.48. The second-order valence-electron chi connectivity index (χ2n) is 4.93. The molecule has 88 valence electrons. The molecule has 1 aliphatic heterocycles. The lowest BCUT2D eigenvalue weighted by Crippen LogP contribution is -2.42. The Morgan fingerprint density at radius 2 is 1.80 bits per heavy atom. The van der Waals surface area contributed by atoms with Gasteiger partial charge in [0, 0.05) is 6.04 Å². The van der Waals surface area contributed by atoms with Gasteiger partial charge in [0.1, 0.15) is 0 Å². The molecule has 1 saturated carbocycles. The zero-order chi connectivity index (χ0) is 10.9. The van der Waals surface area contributed by atoms with Crippen molar-refractivity contribution in [1.82, 2.24) is 5.32 Å². The number of hydrogen-bond acceptors (Lipinski definition) is 3. The van der Waals surface area contributed by atoms with Gasteiger partial charge >= 0.3 is 0 Å². The Labute approximate surface area is 92.6 Å². The van der Waals surface area contributed by atoms with Gasteiger partial charge in [-0.1, -0.05) is 19.3 Å². The molecule has 0 bridgehead atoms. The molecule has 1 aliphatic carbocycles. The third-order valence-electron chi connectivity index (χ3n) is 3.89. The van der Waals surface area contributed by atoms with Gasteiger partial charge in [0.15, 0.2) is 9.84 Å². The molecule has 4 heteroatoms. The van der Waals surface area contributed by atoms with E-state index in [0.29, 0.717) is 0 Å². The highest BCUT2D eigenvalue weighted by Crippen LogP contribution is 2.28. The Morgan fingerprint density at radius 1 is 1.07 bits per heavy atom. The quantitative estimate of drug-likeness (QED) is 0.687. The normalized spacial score (nSPS) is 41.3. The fraction of sp³-hybridized carbons (Fsp3) is 1.00. The van der Waals surface area contributed by atoms with Crippen LogP contribution in [0.15, 0.2) is 0 Å². The van der Waals surface area contributed by atoms with E-state index >= 15 is 0 Å². The third kappa shape index (κ3) is 2.21. The molecule has 0 aromatic rings. The van der Waals surface area contributed by atoms with Gasteiger partial charge in [0.25, 0.3) is 0 Å². The van der Waals surface area contributed by atoms with Crippen molar-refractivity contribution in [1.29, 1.82) is 0 Å². The minimum atomic E-state index is -2.88. The first-order valence-electron chi connectivity index (χ1n) is 6.08. The molecule has 2 rings (SSSR count). The molecule has 2 aliphatic rings. The number of fused-ring (bicyclic) bond motifs is 1. The lowest BCUT2D eigenvalue weighted by atomic mass is 10.1. The van der Waals surface area contributed by atoms with Crippen LogP contribution in [0.5, 0.6) is 0 Å². The summed E-state index contributed by atoms with van der Waals surface area (Å²) in [6, 6.07) is 0.224. The summed E-state index contributed by atoms with van der Waals surface area (Å²) in [7, 11) is -2.88. The van der Waals surface area contributed by atoms with E-state index in [2.05, 4.69) is 5.32 Å². The first-order valence-corrected chi connectivity index (χ1v) is 7.69. The van der Waals surface area contributed by atoms with E-state index in [-0.39, 0.29) is 16.5 Å². The molecule has 0 aromatic carbocycles. The number of rotatable bonds is 0. The number of sulfone groups is 1. The number of hydrogen-bond donors (Lipinski definition) is 1. The van der Waals surface area contributed by atoms with Crippen molar-refractivity contribution in [3.63, 3.8) is 0 Å². The van der Waals surface area contributed by atoms with E-state index < -0.39 is 9.84 Å². The van der Waals surface area contributed by atoms with Crippen molar-refractivity contribution in [2.24, 2.45) is 0 Å². The molecule has 3 nitrogen and oxygen atoms in total. The maximum absolute atomic E-state index is 12.3. The molecule has 1 heterocycles. The first-order chi connectivity index (χ1) is 7.12. The monoisotopic (exact) mass is 231 g/mol. The van der Waals surface area contributed by atoms with Gasteiger partial charge in [0.05, 0.1) is 10.5 Å². The van der Waals surface area contributed by atoms with Gasteiger partial charge in [-0.3, -0.25) is 0 Å². The van der Waals surface area contributed by atoms with Crippen molar-refractivity contribution in [3.8, 4) is 0 Å². The highest BCUT2D eigenvalue weighted by atomic mass is 32.2. The summed E-state index contributed by atoms with van der Waals surface area (Å²) < 4.78 is 24.6. The van der Waals surface area contributed by atoms with Crippen molar-refractivity contribution in [2.75, 3.05) is 6.54 Å². The molecule has 0 spiro atoms. The van der Waals surface area contributed by atoms with Crippen LogP contribution < -0.4 is 5.32 Å². The lowest BCUT2D eigenvalue weighted by Gasteiger charge is -2.24. The molecule has 15 heavy (non-hydrogen) atoms. The van der Waals surface area contributed by atoms with Crippen molar-refractivity contribution >= 4 is 9.84 Å². The lowest BCUT2D eigenvalue weighted by molar-refractivity contribution is 0.466. The Bertz CT molecular complexity index is 313. The van der Waals surface area contributed by atoms with E-state index in [1.165, 1.54) is 12.8 Å². The zero-order valence-electron chi connectivity index (χ0n) is 9.41. The Hall–Kier alpha value is -0.0900. The van der Waals surface area contributed by atoms with Crippen LogP contribution in [0.25, 0.3) is 0 Å². The van der Waals surface area contributed by atoms with Gasteiger partial charge in [-0.2, -0.15) is 0 Å². The fourth-order valence-corrected chi connectivity index (χ4v) is 5.06. The maximum atomic E-state index is 12.3. The Morgan fingerprint density at radius 3 is 2.60 bits per heavy atom. The Kier molecular flexibility index (Phi) is 3.36. The average Bonchev–Trinajstić information content (AvgIpc) is 2.46. The standard InChI is InChI=1S/C11H21NO2S/c1-9-7-8-12-10-5-3-2-4-6-11(10)15(9,13)14/h9-12H,2-8H2,1H3. The van der Waals surface area contributed by atoms with Gasteiger partial charge in [-0.15, -0.1) is 0 Å². The third-order valence-corrected chi connectivity index (χ3v) is 6.66. The second kappa shape index (κ2) is 4.42. The van der Waals surface area contributed by atoms with Crippen LogP contribution in [0.4, 0.5) is 0 Å². The molecule has 1 saturated heterocycles. The summed E-state index contributed by atoms with van der Waals surface area (Å²) in [4.78, 5) is 0. The molecular weight excluding hydrogens is 210 g/mol. The van der Waals surface area contributed by atoms with Crippen LogP contribution in [0, 0.1) is 0 Å². The van der Waals surface area contributed by atoms with E-state index in [0.717, 1.165) is 32.2 Å². The minimum absolute atomic E-state index is 0.113. The first kappa shape index (κ1) is 11.4. The summed E-state index contributed by atoms with van der Waals surface area (Å²) in [5.41, 5.74) is 0. The molecule has 0 aromatic heterocycles. The summed E-state index contributed by atoms with van der Waals surface area (Å²) in [6.45, 7) is 2.73. The largest absolute Gasteiger partial charge is 0.313 e.